The predicted octanol–water partition coefficient (Wildman–Crippen LogP) is 3.58. The normalized spacial score (nSPS) is 11.0. The summed E-state index contributed by atoms with van der Waals surface area (Å²) in [4.78, 5) is 0. The van der Waals surface area contributed by atoms with Gasteiger partial charge in [0.25, 0.3) is 0 Å². The Balaban J connectivity index is 2.33. The van der Waals surface area contributed by atoms with E-state index in [1.165, 1.54) is 5.56 Å². The van der Waals surface area contributed by atoms with Crippen LogP contribution in [0.2, 0.25) is 0 Å². The topological polar surface area (TPSA) is 30.5 Å². The molecule has 0 aliphatic rings. The second kappa shape index (κ2) is 9.34. The average Bonchev–Trinajstić information content (AvgIpc) is 2.39. The molecule has 1 rings (SSSR count). The molecule has 0 saturated heterocycles. The average molecular weight is 330 g/mol. The van der Waals surface area contributed by atoms with Gasteiger partial charge in [-0.25, -0.2) is 0 Å². The SMILES string of the molecule is CCOCCNCCOc1ccc(Br)cc1C(C)C. The van der Waals surface area contributed by atoms with Gasteiger partial charge >= 0.3 is 0 Å². The van der Waals surface area contributed by atoms with E-state index in [2.05, 4.69) is 41.2 Å². The van der Waals surface area contributed by atoms with E-state index in [1.807, 2.05) is 19.1 Å². The monoisotopic (exact) mass is 329 g/mol. The first-order chi connectivity index (χ1) is 9.15. The van der Waals surface area contributed by atoms with Crippen molar-refractivity contribution in [3.63, 3.8) is 0 Å². The molecule has 19 heavy (non-hydrogen) atoms. The van der Waals surface area contributed by atoms with Gasteiger partial charge in [0.05, 0.1) is 6.61 Å². The largest absolute Gasteiger partial charge is 0.492 e. The molecule has 0 amide bonds. The lowest BCUT2D eigenvalue weighted by Crippen LogP contribution is -2.25. The van der Waals surface area contributed by atoms with Crippen molar-refractivity contribution >= 4 is 15.9 Å². The van der Waals surface area contributed by atoms with Gasteiger partial charge in [0.1, 0.15) is 12.4 Å². The molecule has 0 aromatic heterocycles. The summed E-state index contributed by atoms with van der Waals surface area (Å²) < 4.78 is 12.2. The maximum Gasteiger partial charge on any atom is 0.122 e. The van der Waals surface area contributed by atoms with Crippen LogP contribution in [0.15, 0.2) is 22.7 Å². The highest BCUT2D eigenvalue weighted by atomic mass is 79.9. The second-order valence-corrected chi connectivity index (χ2v) is 5.55. The van der Waals surface area contributed by atoms with Crippen LogP contribution in [0, 0.1) is 0 Å². The zero-order valence-corrected chi connectivity index (χ0v) is 13.6. The maximum absolute atomic E-state index is 5.84. The molecular formula is C15H24BrNO2. The van der Waals surface area contributed by atoms with Crippen LogP contribution in [-0.2, 0) is 4.74 Å². The summed E-state index contributed by atoms with van der Waals surface area (Å²) >= 11 is 3.50. The molecule has 0 saturated carbocycles. The Kier molecular flexibility index (Phi) is 8.10. The van der Waals surface area contributed by atoms with Crippen LogP contribution in [0.4, 0.5) is 0 Å². The highest BCUT2D eigenvalue weighted by Gasteiger charge is 2.08. The van der Waals surface area contributed by atoms with Crippen LogP contribution in [0.25, 0.3) is 0 Å². The standard InChI is InChI=1S/C15H24BrNO2/c1-4-18-9-7-17-8-10-19-15-6-5-13(16)11-14(15)12(2)3/h5-6,11-12,17H,4,7-10H2,1-3H3. The number of hydrogen-bond donors (Lipinski definition) is 1. The van der Waals surface area contributed by atoms with Gasteiger partial charge in [-0.2, -0.15) is 0 Å². The van der Waals surface area contributed by atoms with Crippen LogP contribution < -0.4 is 10.1 Å². The third kappa shape index (κ3) is 6.41. The Labute approximate surface area is 124 Å². The molecule has 0 fully saturated rings. The van der Waals surface area contributed by atoms with Crippen LogP contribution in [-0.4, -0.2) is 32.9 Å². The first-order valence-corrected chi connectivity index (χ1v) is 7.65. The molecule has 0 spiro atoms. The molecule has 0 bridgehead atoms. The first-order valence-electron chi connectivity index (χ1n) is 6.85. The lowest BCUT2D eigenvalue weighted by Gasteiger charge is -2.14. The number of nitrogens with one attached hydrogen (secondary N) is 1. The summed E-state index contributed by atoms with van der Waals surface area (Å²) in [6.07, 6.45) is 0. The van der Waals surface area contributed by atoms with Gasteiger partial charge in [-0.05, 0) is 36.6 Å². The minimum atomic E-state index is 0.457. The van der Waals surface area contributed by atoms with Crippen LogP contribution in [0.5, 0.6) is 5.75 Å². The molecule has 0 radical (unpaired) electrons. The molecule has 108 valence electrons. The fourth-order valence-electron chi connectivity index (χ4n) is 1.75. The molecule has 0 heterocycles. The van der Waals surface area contributed by atoms with Crippen molar-refractivity contribution in [3.8, 4) is 5.75 Å². The summed E-state index contributed by atoms with van der Waals surface area (Å²) in [5, 5.41) is 3.29. The highest BCUT2D eigenvalue weighted by molar-refractivity contribution is 9.10. The van der Waals surface area contributed by atoms with Crippen molar-refractivity contribution in [3.05, 3.63) is 28.2 Å². The molecule has 1 aromatic carbocycles. The summed E-state index contributed by atoms with van der Waals surface area (Å²) in [5.74, 6) is 1.43. The molecule has 0 atom stereocenters. The van der Waals surface area contributed by atoms with Gasteiger partial charge in [0.15, 0.2) is 0 Å². The number of ether oxygens (including phenoxy) is 2. The van der Waals surface area contributed by atoms with E-state index in [4.69, 9.17) is 9.47 Å². The third-order valence-corrected chi connectivity index (χ3v) is 3.25. The minimum absolute atomic E-state index is 0.457. The Bertz CT molecular complexity index is 369. The van der Waals surface area contributed by atoms with Gasteiger partial charge in [0.2, 0.25) is 0 Å². The van der Waals surface area contributed by atoms with Crippen molar-refractivity contribution < 1.29 is 9.47 Å². The van der Waals surface area contributed by atoms with E-state index in [-0.39, 0.29) is 0 Å². The van der Waals surface area contributed by atoms with E-state index in [9.17, 15) is 0 Å². The highest BCUT2D eigenvalue weighted by Crippen LogP contribution is 2.29. The van der Waals surface area contributed by atoms with Gasteiger partial charge in [-0.1, -0.05) is 29.8 Å². The lowest BCUT2D eigenvalue weighted by molar-refractivity contribution is 0.148. The Hall–Kier alpha value is -0.580. The number of halogens is 1. The summed E-state index contributed by atoms with van der Waals surface area (Å²) in [6.45, 7) is 10.3. The molecule has 3 nitrogen and oxygen atoms in total. The number of rotatable bonds is 9. The minimum Gasteiger partial charge on any atom is -0.492 e. The zero-order valence-electron chi connectivity index (χ0n) is 12.0. The Morgan fingerprint density at radius 2 is 1.95 bits per heavy atom. The van der Waals surface area contributed by atoms with Crippen molar-refractivity contribution in [2.24, 2.45) is 0 Å². The predicted molar refractivity (Wildman–Crippen MR) is 83.1 cm³/mol. The van der Waals surface area contributed by atoms with Crippen LogP contribution >= 0.6 is 15.9 Å². The second-order valence-electron chi connectivity index (χ2n) is 4.63. The number of benzene rings is 1. The first kappa shape index (κ1) is 16.5. The quantitative estimate of drug-likeness (QED) is 0.702. The van der Waals surface area contributed by atoms with Crippen LogP contribution in [0.3, 0.4) is 0 Å². The van der Waals surface area contributed by atoms with Crippen molar-refractivity contribution in [2.45, 2.75) is 26.7 Å². The van der Waals surface area contributed by atoms with Crippen molar-refractivity contribution in [2.75, 3.05) is 32.9 Å². The summed E-state index contributed by atoms with van der Waals surface area (Å²) in [7, 11) is 0. The van der Waals surface area contributed by atoms with Gasteiger partial charge in [-0.3, -0.25) is 0 Å². The van der Waals surface area contributed by atoms with E-state index < -0.39 is 0 Å². The van der Waals surface area contributed by atoms with Gasteiger partial charge in [-0.15, -0.1) is 0 Å². The van der Waals surface area contributed by atoms with E-state index in [0.29, 0.717) is 12.5 Å². The molecule has 4 heteroatoms. The zero-order chi connectivity index (χ0) is 14.1. The van der Waals surface area contributed by atoms with Gasteiger partial charge < -0.3 is 14.8 Å². The number of hydrogen-bond acceptors (Lipinski definition) is 3. The molecule has 0 unspecified atom stereocenters. The van der Waals surface area contributed by atoms with E-state index in [1.54, 1.807) is 0 Å². The van der Waals surface area contributed by atoms with Crippen LogP contribution in [0.1, 0.15) is 32.3 Å². The van der Waals surface area contributed by atoms with E-state index in [0.717, 1.165) is 36.5 Å². The Morgan fingerprint density at radius 3 is 2.63 bits per heavy atom. The van der Waals surface area contributed by atoms with Crippen molar-refractivity contribution in [1.29, 1.82) is 0 Å². The Morgan fingerprint density at radius 1 is 1.21 bits per heavy atom. The van der Waals surface area contributed by atoms with E-state index >= 15 is 0 Å². The molecule has 1 aromatic rings. The van der Waals surface area contributed by atoms with Gasteiger partial charge in [0, 0.05) is 24.2 Å². The fourth-order valence-corrected chi connectivity index (χ4v) is 2.13. The maximum atomic E-state index is 5.84. The van der Waals surface area contributed by atoms with Crippen molar-refractivity contribution in [1.82, 2.24) is 5.32 Å². The summed E-state index contributed by atoms with van der Waals surface area (Å²) in [6, 6.07) is 6.17. The molecule has 1 N–H and O–H groups in total. The lowest BCUT2D eigenvalue weighted by atomic mass is 10.0. The third-order valence-electron chi connectivity index (χ3n) is 2.76. The molecule has 0 aliphatic carbocycles. The summed E-state index contributed by atoms with van der Waals surface area (Å²) in [5.41, 5.74) is 1.24. The molecule has 0 aliphatic heterocycles. The molecular weight excluding hydrogens is 306 g/mol. The smallest absolute Gasteiger partial charge is 0.122 e. The fraction of sp³-hybridized carbons (Fsp3) is 0.600.